The van der Waals surface area contributed by atoms with Gasteiger partial charge in [0.1, 0.15) is 0 Å². The molecule has 0 aromatic carbocycles. The van der Waals surface area contributed by atoms with Gasteiger partial charge in [0.25, 0.3) is 0 Å². The smallest absolute Gasteiger partial charge is 0.308 e. The molecule has 2 aliphatic rings. The molecule has 0 aromatic heterocycles. The number of hydrogen-bond acceptors (Lipinski definition) is 3. The molecule has 5 heteroatoms. The number of carbonyl (C=O) groups excluding carboxylic acids is 1. The van der Waals surface area contributed by atoms with Crippen LogP contribution in [0.1, 0.15) is 40.0 Å². The van der Waals surface area contributed by atoms with E-state index in [2.05, 4.69) is 26.1 Å². The Hall–Kier alpha value is -0.710. The van der Waals surface area contributed by atoms with Crippen LogP contribution in [0.2, 0.25) is 0 Å². The Morgan fingerprint density at radius 3 is 2.47 bits per heavy atom. The standard InChI is InChI=1S/C14H23NO3S/c1-14(2,3)19-7-10(16)15-12-9-5-4-8(6-9)11(12)13(17)18/h8-9,11-12H,4-7H2,1-3H3,(H,15,16)(H,17,18). The van der Waals surface area contributed by atoms with Crippen molar-refractivity contribution in [1.82, 2.24) is 5.32 Å². The van der Waals surface area contributed by atoms with E-state index >= 15 is 0 Å². The molecule has 2 aliphatic carbocycles. The first-order valence-electron chi connectivity index (χ1n) is 6.94. The van der Waals surface area contributed by atoms with Crippen molar-refractivity contribution >= 4 is 23.6 Å². The highest BCUT2D eigenvalue weighted by Gasteiger charge is 2.51. The normalized spacial score (nSPS) is 33.4. The van der Waals surface area contributed by atoms with Gasteiger partial charge in [-0.05, 0) is 31.1 Å². The average Bonchev–Trinajstić information content (AvgIpc) is 2.85. The molecular weight excluding hydrogens is 262 g/mol. The number of carboxylic acids is 1. The lowest BCUT2D eigenvalue weighted by Gasteiger charge is -2.29. The second-order valence-corrected chi connectivity index (χ2v) is 8.49. The molecule has 0 aromatic rings. The van der Waals surface area contributed by atoms with Crippen molar-refractivity contribution in [2.75, 3.05) is 5.75 Å². The van der Waals surface area contributed by atoms with Crippen LogP contribution in [0.15, 0.2) is 0 Å². The van der Waals surface area contributed by atoms with Crippen LogP contribution >= 0.6 is 11.8 Å². The molecule has 4 nitrogen and oxygen atoms in total. The van der Waals surface area contributed by atoms with E-state index < -0.39 is 5.97 Å². The third kappa shape index (κ3) is 3.44. The lowest BCUT2D eigenvalue weighted by molar-refractivity contribution is -0.144. The first-order valence-corrected chi connectivity index (χ1v) is 7.92. The largest absolute Gasteiger partial charge is 0.481 e. The fourth-order valence-corrected chi connectivity index (χ4v) is 4.01. The summed E-state index contributed by atoms with van der Waals surface area (Å²) in [6.07, 6.45) is 3.03. The Kier molecular flexibility index (Phi) is 4.14. The van der Waals surface area contributed by atoms with Crippen LogP contribution in [0.25, 0.3) is 0 Å². The highest BCUT2D eigenvalue weighted by atomic mass is 32.2. The number of aliphatic carboxylic acids is 1. The van der Waals surface area contributed by atoms with Crippen molar-refractivity contribution in [3.8, 4) is 0 Å². The summed E-state index contributed by atoms with van der Waals surface area (Å²) in [5, 5.41) is 12.3. The Bertz CT molecular complexity index is 377. The Morgan fingerprint density at radius 2 is 1.89 bits per heavy atom. The van der Waals surface area contributed by atoms with Crippen molar-refractivity contribution in [1.29, 1.82) is 0 Å². The van der Waals surface area contributed by atoms with Crippen LogP contribution in [0, 0.1) is 17.8 Å². The van der Waals surface area contributed by atoms with E-state index in [4.69, 9.17) is 0 Å². The summed E-state index contributed by atoms with van der Waals surface area (Å²) >= 11 is 1.60. The molecule has 2 N–H and O–H groups in total. The molecule has 2 rings (SSSR count). The van der Waals surface area contributed by atoms with Crippen LogP contribution < -0.4 is 5.32 Å². The lowest BCUT2D eigenvalue weighted by atomic mass is 9.84. The molecule has 2 bridgehead atoms. The number of hydrogen-bond donors (Lipinski definition) is 2. The molecule has 2 fully saturated rings. The SMILES string of the molecule is CC(C)(C)SCC(=O)NC1C2CCC(C2)C1C(=O)O. The highest BCUT2D eigenvalue weighted by molar-refractivity contribution is 8.01. The van der Waals surface area contributed by atoms with Crippen molar-refractivity contribution in [3.63, 3.8) is 0 Å². The van der Waals surface area contributed by atoms with Gasteiger partial charge in [0.05, 0.1) is 11.7 Å². The third-order valence-corrected chi connectivity index (χ3v) is 5.44. The number of fused-ring (bicyclic) bond motifs is 2. The van der Waals surface area contributed by atoms with Gasteiger partial charge in [-0.25, -0.2) is 0 Å². The summed E-state index contributed by atoms with van der Waals surface area (Å²) < 4.78 is 0.0538. The van der Waals surface area contributed by atoms with Gasteiger partial charge in [-0.3, -0.25) is 9.59 Å². The van der Waals surface area contributed by atoms with Gasteiger partial charge in [0.2, 0.25) is 5.91 Å². The second-order valence-electron chi connectivity index (χ2n) is 6.69. The topological polar surface area (TPSA) is 66.4 Å². The molecule has 0 radical (unpaired) electrons. The fourth-order valence-electron chi connectivity index (χ4n) is 3.36. The second kappa shape index (κ2) is 5.35. The molecular formula is C14H23NO3S. The lowest BCUT2D eigenvalue weighted by Crippen LogP contribution is -2.47. The fraction of sp³-hybridized carbons (Fsp3) is 0.857. The van der Waals surface area contributed by atoms with Crippen molar-refractivity contribution in [2.24, 2.45) is 17.8 Å². The highest BCUT2D eigenvalue weighted by Crippen LogP contribution is 2.48. The average molecular weight is 285 g/mol. The molecule has 0 heterocycles. The maximum Gasteiger partial charge on any atom is 0.308 e. The van der Waals surface area contributed by atoms with Gasteiger partial charge in [0.15, 0.2) is 0 Å². The summed E-state index contributed by atoms with van der Waals surface area (Å²) in [4.78, 5) is 23.3. The molecule has 1 amide bonds. The van der Waals surface area contributed by atoms with Crippen molar-refractivity contribution in [3.05, 3.63) is 0 Å². The summed E-state index contributed by atoms with van der Waals surface area (Å²) in [6.45, 7) is 6.22. The molecule has 108 valence electrons. The quantitative estimate of drug-likeness (QED) is 0.830. The molecule has 0 spiro atoms. The predicted octanol–water partition coefficient (Wildman–Crippen LogP) is 2.13. The van der Waals surface area contributed by atoms with Gasteiger partial charge < -0.3 is 10.4 Å². The molecule has 0 aliphatic heterocycles. The minimum atomic E-state index is -0.749. The van der Waals surface area contributed by atoms with E-state index in [1.165, 1.54) is 0 Å². The van der Waals surface area contributed by atoms with Crippen molar-refractivity contribution < 1.29 is 14.7 Å². The summed E-state index contributed by atoms with van der Waals surface area (Å²) in [7, 11) is 0. The van der Waals surface area contributed by atoms with E-state index in [0.29, 0.717) is 11.7 Å². The van der Waals surface area contributed by atoms with E-state index in [1.54, 1.807) is 11.8 Å². The molecule has 0 saturated heterocycles. The number of amides is 1. The Morgan fingerprint density at radius 1 is 1.26 bits per heavy atom. The summed E-state index contributed by atoms with van der Waals surface area (Å²) in [5.74, 6) is -0.103. The maximum absolute atomic E-state index is 12.0. The minimum Gasteiger partial charge on any atom is -0.481 e. The number of carbonyl (C=O) groups is 2. The number of rotatable bonds is 4. The number of thioether (sulfide) groups is 1. The number of nitrogens with one attached hydrogen (secondary N) is 1. The van der Waals surface area contributed by atoms with Gasteiger partial charge in [-0.15, -0.1) is 11.8 Å². The van der Waals surface area contributed by atoms with E-state index in [1.807, 2.05) is 0 Å². The zero-order valence-corrected chi connectivity index (χ0v) is 12.6. The van der Waals surface area contributed by atoms with Gasteiger partial charge in [-0.2, -0.15) is 0 Å². The Balaban J connectivity index is 1.91. The Labute approximate surface area is 118 Å². The van der Waals surface area contributed by atoms with Crippen LogP contribution in [0.3, 0.4) is 0 Å². The van der Waals surface area contributed by atoms with Crippen LogP contribution in [-0.2, 0) is 9.59 Å². The van der Waals surface area contributed by atoms with Crippen LogP contribution in [0.4, 0.5) is 0 Å². The first kappa shape index (κ1) is 14.7. The maximum atomic E-state index is 12.0. The van der Waals surface area contributed by atoms with Crippen LogP contribution in [-0.4, -0.2) is 33.5 Å². The molecule has 2 saturated carbocycles. The van der Waals surface area contributed by atoms with E-state index in [0.717, 1.165) is 19.3 Å². The number of carboxylic acid groups (broad SMARTS) is 1. The zero-order chi connectivity index (χ0) is 14.2. The minimum absolute atomic E-state index is 0.0243. The molecule has 19 heavy (non-hydrogen) atoms. The van der Waals surface area contributed by atoms with Gasteiger partial charge >= 0.3 is 5.97 Å². The summed E-state index contributed by atoms with van der Waals surface area (Å²) in [6, 6.07) is -0.149. The predicted molar refractivity (Wildman–Crippen MR) is 76.1 cm³/mol. The van der Waals surface area contributed by atoms with Gasteiger partial charge in [0, 0.05) is 10.8 Å². The first-order chi connectivity index (χ1) is 8.78. The van der Waals surface area contributed by atoms with Gasteiger partial charge in [-0.1, -0.05) is 20.8 Å². The van der Waals surface area contributed by atoms with E-state index in [9.17, 15) is 14.7 Å². The van der Waals surface area contributed by atoms with Crippen molar-refractivity contribution in [2.45, 2.75) is 50.8 Å². The zero-order valence-electron chi connectivity index (χ0n) is 11.8. The monoisotopic (exact) mass is 285 g/mol. The molecule has 4 unspecified atom stereocenters. The van der Waals surface area contributed by atoms with Crippen LogP contribution in [0.5, 0.6) is 0 Å². The third-order valence-electron chi connectivity index (χ3n) is 4.17. The summed E-state index contributed by atoms with van der Waals surface area (Å²) in [5.41, 5.74) is 0. The molecule has 4 atom stereocenters. The van der Waals surface area contributed by atoms with E-state index in [-0.39, 0.29) is 28.5 Å².